The highest BCUT2D eigenvalue weighted by Crippen LogP contribution is 2.23. The van der Waals surface area contributed by atoms with Gasteiger partial charge in [-0.1, -0.05) is 67.0 Å². The number of benzene rings is 2. The lowest BCUT2D eigenvalue weighted by Gasteiger charge is -2.16. The predicted molar refractivity (Wildman–Crippen MR) is 114 cm³/mol. The van der Waals surface area contributed by atoms with Gasteiger partial charge in [-0.05, 0) is 36.7 Å². The molecule has 2 aromatic carbocycles. The van der Waals surface area contributed by atoms with Gasteiger partial charge in [0, 0.05) is 32.1 Å². The van der Waals surface area contributed by atoms with Crippen LogP contribution in [0.25, 0.3) is 22.5 Å². The molecule has 0 fully saturated rings. The van der Waals surface area contributed by atoms with Crippen LogP contribution >= 0.6 is 0 Å². The second-order valence-electron chi connectivity index (χ2n) is 7.24. The molecule has 0 unspecified atom stereocenters. The molecule has 0 saturated carbocycles. The van der Waals surface area contributed by atoms with E-state index in [1.807, 2.05) is 12.1 Å². The third-order valence-electron chi connectivity index (χ3n) is 4.85. The summed E-state index contributed by atoms with van der Waals surface area (Å²) in [6, 6.07) is 17.0. The third kappa shape index (κ3) is 5.75. The molecule has 0 aliphatic heterocycles. The van der Waals surface area contributed by atoms with Crippen molar-refractivity contribution in [3.05, 3.63) is 60.0 Å². The monoisotopic (exact) mass is 378 g/mol. The van der Waals surface area contributed by atoms with Crippen LogP contribution in [0, 0.1) is 6.92 Å². The summed E-state index contributed by atoms with van der Waals surface area (Å²) in [5.41, 5.74) is 4.66. The predicted octanol–water partition coefficient (Wildman–Crippen LogP) is 4.53. The van der Waals surface area contributed by atoms with Crippen LogP contribution in [-0.2, 0) is 6.54 Å². The SMILES string of the molecule is CCCCN(C)CCNCc1ccc(-c2ccc(-c3noc(C)n3)cc2)cc1. The van der Waals surface area contributed by atoms with Gasteiger partial charge in [0.25, 0.3) is 0 Å². The molecule has 5 heteroatoms. The molecule has 0 aliphatic carbocycles. The van der Waals surface area contributed by atoms with E-state index in [1.165, 1.54) is 36.1 Å². The van der Waals surface area contributed by atoms with Gasteiger partial charge in [0.15, 0.2) is 0 Å². The fourth-order valence-electron chi connectivity index (χ4n) is 3.09. The minimum absolute atomic E-state index is 0.580. The van der Waals surface area contributed by atoms with Gasteiger partial charge in [-0.25, -0.2) is 0 Å². The molecule has 1 heterocycles. The van der Waals surface area contributed by atoms with Gasteiger partial charge in [-0.15, -0.1) is 0 Å². The van der Waals surface area contributed by atoms with E-state index < -0.39 is 0 Å². The zero-order valence-electron chi connectivity index (χ0n) is 17.1. The van der Waals surface area contributed by atoms with E-state index >= 15 is 0 Å². The minimum Gasteiger partial charge on any atom is -0.339 e. The molecule has 5 nitrogen and oxygen atoms in total. The summed E-state index contributed by atoms with van der Waals surface area (Å²) < 4.78 is 5.05. The highest BCUT2D eigenvalue weighted by molar-refractivity contribution is 5.67. The molecular formula is C23H30N4O. The van der Waals surface area contributed by atoms with E-state index in [0.717, 1.165) is 25.2 Å². The Balaban J connectivity index is 1.50. The molecule has 3 rings (SSSR count). The Morgan fingerprint density at radius 3 is 2.18 bits per heavy atom. The van der Waals surface area contributed by atoms with Crippen LogP contribution in [0.15, 0.2) is 53.1 Å². The number of rotatable bonds is 10. The van der Waals surface area contributed by atoms with Crippen LogP contribution in [0.4, 0.5) is 0 Å². The lowest BCUT2D eigenvalue weighted by atomic mass is 10.0. The fraction of sp³-hybridized carbons (Fsp3) is 0.391. The highest BCUT2D eigenvalue weighted by Gasteiger charge is 2.06. The number of nitrogens with zero attached hydrogens (tertiary/aromatic N) is 3. The Morgan fingerprint density at radius 1 is 0.929 bits per heavy atom. The first-order chi connectivity index (χ1) is 13.7. The summed E-state index contributed by atoms with van der Waals surface area (Å²) in [7, 11) is 2.19. The first-order valence-corrected chi connectivity index (χ1v) is 10.0. The first kappa shape index (κ1) is 20.2. The Bertz CT molecular complexity index is 840. The van der Waals surface area contributed by atoms with E-state index in [0.29, 0.717) is 11.7 Å². The molecule has 0 atom stereocenters. The maximum Gasteiger partial charge on any atom is 0.223 e. The molecule has 1 N–H and O–H groups in total. The number of hydrogen-bond acceptors (Lipinski definition) is 5. The Labute approximate surface area is 167 Å². The third-order valence-corrected chi connectivity index (χ3v) is 4.85. The van der Waals surface area contributed by atoms with Gasteiger partial charge in [0.05, 0.1) is 0 Å². The van der Waals surface area contributed by atoms with E-state index in [4.69, 9.17) is 4.52 Å². The van der Waals surface area contributed by atoms with Crippen molar-refractivity contribution in [2.45, 2.75) is 33.2 Å². The molecule has 0 radical (unpaired) electrons. The van der Waals surface area contributed by atoms with Crippen LogP contribution in [-0.4, -0.2) is 41.7 Å². The minimum atomic E-state index is 0.580. The van der Waals surface area contributed by atoms with Gasteiger partial charge < -0.3 is 14.7 Å². The van der Waals surface area contributed by atoms with E-state index in [9.17, 15) is 0 Å². The Hall–Kier alpha value is -2.50. The maximum atomic E-state index is 5.05. The number of hydrogen-bond donors (Lipinski definition) is 1. The number of unbranched alkanes of at least 4 members (excludes halogenated alkanes) is 1. The summed E-state index contributed by atoms with van der Waals surface area (Å²) in [4.78, 5) is 6.66. The van der Waals surface area contributed by atoms with Crippen LogP contribution in [0.1, 0.15) is 31.2 Å². The fourth-order valence-corrected chi connectivity index (χ4v) is 3.09. The summed E-state index contributed by atoms with van der Waals surface area (Å²) in [5, 5.41) is 7.50. The lowest BCUT2D eigenvalue weighted by Crippen LogP contribution is -2.29. The van der Waals surface area contributed by atoms with E-state index in [2.05, 4.69) is 70.7 Å². The summed E-state index contributed by atoms with van der Waals surface area (Å²) in [5.74, 6) is 1.21. The van der Waals surface area contributed by atoms with Gasteiger partial charge in [0.1, 0.15) is 0 Å². The van der Waals surface area contributed by atoms with Gasteiger partial charge in [-0.2, -0.15) is 4.98 Å². The van der Waals surface area contributed by atoms with Gasteiger partial charge in [0.2, 0.25) is 11.7 Å². The number of likely N-dealkylation sites (N-methyl/N-ethyl adjacent to an activating group) is 1. The second-order valence-corrected chi connectivity index (χ2v) is 7.24. The molecule has 0 aliphatic rings. The molecule has 0 saturated heterocycles. The molecule has 0 spiro atoms. The zero-order chi connectivity index (χ0) is 19.8. The Kier molecular flexibility index (Phi) is 7.34. The summed E-state index contributed by atoms with van der Waals surface area (Å²) in [6.45, 7) is 8.21. The van der Waals surface area contributed by atoms with Crippen molar-refractivity contribution in [1.29, 1.82) is 0 Å². The van der Waals surface area contributed by atoms with Crippen molar-refractivity contribution in [2.75, 3.05) is 26.7 Å². The van der Waals surface area contributed by atoms with Crippen molar-refractivity contribution in [1.82, 2.24) is 20.4 Å². The van der Waals surface area contributed by atoms with Crippen molar-refractivity contribution in [3.8, 4) is 22.5 Å². The van der Waals surface area contributed by atoms with Crippen molar-refractivity contribution < 1.29 is 4.52 Å². The van der Waals surface area contributed by atoms with Crippen molar-refractivity contribution in [2.24, 2.45) is 0 Å². The average molecular weight is 379 g/mol. The summed E-state index contributed by atoms with van der Waals surface area (Å²) >= 11 is 0. The van der Waals surface area contributed by atoms with E-state index in [1.54, 1.807) is 6.92 Å². The molecular weight excluding hydrogens is 348 g/mol. The molecule has 0 amide bonds. The normalized spacial score (nSPS) is 11.3. The topological polar surface area (TPSA) is 54.2 Å². The quantitative estimate of drug-likeness (QED) is 0.525. The van der Waals surface area contributed by atoms with Gasteiger partial charge >= 0.3 is 0 Å². The Morgan fingerprint density at radius 2 is 1.57 bits per heavy atom. The van der Waals surface area contributed by atoms with E-state index in [-0.39, 0.29) is 0 Å². The average Bonchev–Trinajstić information content (AvgIpc) is 3.16. The smallest absolute Gasteiger partial charge is 0.223 e. The molecule has 148 valence electrons. The van der Waals surface area contributed by atoms with Crippen LogP contribution in [0.3, 0.4) is 0 Å². The number of nitrogens with one attached hydrogen (secondary N) is 1. The molecule has 28 heavy (non-hydrogen) atoms. The maximum absolute atomic E-state index is 5.05. The molecule has 0 bridgehead atoms. The van der Waals surface area contributed by atoms with Gasteiger partial charge in [-0.3, -0.25) is 0 Å². The number of aryl methyl sites for hydroxylation is 1. The highest BCUT2D eigenvalue weighted by atomic mass is 16.5. The standard InChI is InChI=1S/C23H30N4O/c1-4-5-15-27(3)16-14-24-17-19-6-8-20(9-7-19)21-10-12-22(13-11-21)23-25-18(2)28-26-23/h6-13,24H,4-5,14-17H2,1-3H3. The van der Waals surface area contributed by atoms with Crippen molar-refractivity contribution in [3.63, 3.8) is 0 Å². The van der Waals surface area contributed by atoms with Crippen LogP contribution < -0.4 is 5.32 Å². The second kappa shape index (κ2) is 10.2. The summed E-state index contributed by atoms with van der Waals surface area (Å²) in [6.07, 6.45) is 2.53. The lowest BCUT2D eigenvalue weighted by molar-refractivity contribution is 0.325. The van der Waals surface area contributed by atoms with Crippen LogP contribution in [0.2, 0.25) is 0 Å². The zero-order valence-corrected chi connectivity index (χ0v) is 17.1. The van der Waals surface area contributed by atoms with Crippen molar-refractivity contribution >= 4 is 0 Å². The van der Waals surface area contributed by atoms with Crippen LogP contribution in [0.5, 0.6) is 0 Å². The molecule has 3 aromatic rings. The number of aromatic nitrogens is 2. The molecule has 1 aromatic heterocycles. The first-order valence-electron chi connectivity index (χ1n) is 10.0. The largest absolute Gasteiger partial charge is 0.339 e.